The molecule has 1 atom stereocenters. The lowest BCUT2D eigenvalue weighted by Gasteiger charge is -2.46. The summed E-state index contributed by atoms with van der Waals surface area (Å²) in [6.45, 7) is 5.93. The van der Waals surface area contributed by atoms with Gasteiger partial charge in [0.1, 0.15) is 17.3 Å². The first kappa shape index (κ1) is 21.3. The van der Waals surface area contributed by atoms with Gasteiger partial charge < -0.3 is 11.1 Å². The number of fused-ring (bicyclic) bond motifs is 3. The molecule has 1 unspecified atom stereocenters. The minimum atomic E-state index is -1.57. The van der Waals surface area contributed by atoms with Gasteiger partial charge in [-0.05, 0) is 42.5 Å². The Balaban J connectivity index is 1.90. The molecule has 2 aromatic carbocycles. The highest BCUT2D eigenvalue weighted by Gasteiger charge is 2.61. The third-order valence-electron chi connectivity index (χ3n) is 6.81. The van der Waals surface area contributed by atoms with E-state index in [9.17, 15) is 14.9 Å². The van der Waals surface area contributed by atoms with Crippen LogP contribution in [0, 0.1) is 23.7 Å². The average Bonchev–Trinajstić information content (AvgIpc) is 3.02. The Hall–Kier alpha value is -3.56. The number of aryl methyl sites for hydroxylation is 1. The molecule has 0 fully saturated rings. The van der Waals surface area contributed by atoms with Gasteiger partial charge in [-0.1, -0.05) is 49.7 Å². The van der Waals surface area contributed by atoms with Gasteiger partial charge in [0, 0.05) is 39.7 Å². The second-order valence-electron chi connectivity index (χ2n) is 9.65. The highest BCUT2D eigenvalue weighted by Crippen LogP contribution is 2.57. The van der Waals surface area contributed by atoms with Crippen molar-refractivity contribution in [3.05, 3.63) is 81.3 Å². The molecule has 0 bridgehead atoms. The normalized spacial score (nSPS) is 23.4. The zero-order valence-electron chi connectivity index (χ0n) is 18.6. The Kier molecular flexibility index (Phi) is 4.50. The third-order valence-corrected chi connectivity index (χ3v) is 7.22. The van der Waals surface area contributed by atoms with Gasteiger partial charge in [0.25, 0.3) is 0 Å². The number of nitrogens with zero attached hydrogens (tertiary/aromatic N) is 2. The van der Waals surface area contributed by atoms with E-state index in [-0.39, 0.29) is 29.0 Å². The number of carbonyl (C=O) groups excluding carboxylic acids is 2. The molecule has 3 aliphatic rings. The Morgan fingerprint density at radius 1 is 1.15 bits per heavy atom. The number of carbonyl (C=O) groups is 2. The largest absolute Gasteiger partial charge is 0.384 e. The Bertz CT molecular complexity index is 1360. The van der Waals surface area contributed by atoms with Crippen LogP contribution in [0.4, 0.5) is 11.4 Å². The van der Waals surface area contributed by atoms with Gasteiger partial charge in [0.15, 0.2) is 5.78 Å². The van der Waals surface area contributed by atoms with Crippen molar-refractivity contribution in [3.8, 4) is 6.07 Å². The Morgan fingerprint density at radius 2 is 1.88 bits per heavy atom. The first-order valence-electron chi connectivity index (χ1n) is 10.8. The highest BCUT2D eigenvalue weighted by atomic mass is 35.5. The molecular formula is C26H23ClN4O2. The quantitative estimate of drug-likeness (QED) is 0.645. The molecule has 0 radical (unpaired) electrons. The van der Waals surface area contributed by atoms with E-state index in [0.717, 1.165) is 5.56 Å². The smallest absolute Gasteiger partial charge is 0.245 e. The predicted molar refractivity (Wildman–Crippen MR) is 127 cm³/mol. The van der Waals surface area contributed by atoms with Crippen LogP contribution in [0.2, 0.25) is 5.02 Å². The van der Waals surface area contributed by atoms with E-state index in [1.165, 1.54) is 0 Å². The van der Waals surface area contributed by atoms with E-state index in [2.05, 4.69) is 11.4 Å². The van der Waals surface area contributed by atoms with Crippen molar-refractivity contribution < 1.29 is 9.59 Å². The van der Waals surface area contributed by atoms with E-state index in [0.29, 0.717) is 39.7 Å². The summed E-state index contributed by atoms with van der Waals surface area (Å²) in [7, 11) is 0. The number of nitrogens with one attached hydrogen (secondary N) is 1. The average molecular weight is 459 g/mol. The number of ketones is 1. The molecule has 2 aliphatic heterocycles. The summed E-state index contributed by atoms with van der Waals surface area (Å²) in [5, 5.41) is 13.7. The number of rotatable bonds is 1. The number of halogens is 1. The van der Waals surface area contributed by atoms with Crippen LogP contribution < -0.4 is 16.0 Å². The second-order valence-corrected chi connectivity index (χ2v) is 10.1. The highest BCUT2D eigenvalue weighted by molar-refractivity contribution is 6.31. The Labute approximate surface area is 197 Å². The number of hydrogen-bond donors (Lipinski definition) is 2. The van der Waals surface area contributed by atoms with Crippen LogP contribution in [0.1, 0.15) is 37.8 Å². The maximum atomic E-state index is 13.8. The van der Waals surface area contributed by atoms with Gasteiger partial charge in [0.2, 0.25) is 5.91 Å². The summed E-state index contributed by atoms with van der Waals surface area (Å²) in [4.78, 5) is 29.1. The topological polar surface area (TPSA) is 99.2 Å². The minimum Gasteiger partial charge on any atom is -0.384 e. The standard InChI is InChI=1S/C26H23ClN4O2/c1-14-8-9-15(10-18(14)27)31-20-11-25(2,3)12-21(32)22(20)26(17(13-28)23(31)29)16-6-4-5-7-19(16)30-24(26)33/h4-10H,11-12,29H2,1-3H3,(H,30,33). The molecule has 1 amide bonds. The molecule has 2 aromatic rings. The SMILES string of the molecule is Cc1ccc(N2C(N)=C(C#N)C3(C(=O)Nc4ccccc43)C3=C2CC(C)(C)CC3=O)cc1Cl. The number of amides is 1. The number of nitriles is 1. The fraction of sp³-hybridized carbons (Fsp3) is 0.269. The van der Waals surface area contributed by atoms with Gasteiger partial charge in [0.05, 0.1) is 5.57 Å². The molecule has 0 aromatic heterocycles. The lowest BCUT2D eigenvalue weighted by atomic mass is 9.61. The lowest BCUT2D eigenvalue weighted by Crippen LogP contribution is -2.52. The molecule has 1 aliphatic carbocycles. The summed E-state index contributed by atoms with van der Waals surface area (Å²) < 4.78 is 0. The molecule has 2 heterocycles. The van der Waals surface area contributed by atoms with Crippen molar-refractivity contribution in [1.29, 1.82) is 5.26 Å². The zero-order valence-corrected chi connectivity index (χ0v) is 19.4. The summed E-state index contributed by atoms with van der Waals surface area (Å²) >= 11 is 6.43. The van der Waals surface area contributed by atoms with Gasteiger partial charge in [-0.3, -0.25) is 14.5 Å². The van der Waals surface area contributed by atoms with Crippen LogP contribution in [0.15, 0.2) is 65.1 Å². The molecule has 33 heavy (non-hydrogen) atoms. The van der Waals surface area contributed by atoms with Gasteiger partial charge in [-0.15, -0.1) is 0 Å². The molecular weight excluding hydrogens is 436 g/mol. The number of allylic oxidation sites excluding steroid dienone is 1. The van der Waals surface area contributed by atoms with E-state index >= 15 is 0 Å². The van der Waals surface area contributed by atoms with Gasteiger partial charge in [-0.25, -0.2) is 0 Å². The summed E-state index contributed by atoms with van der Waals surface area (Å²) in [5.41, 5.74) is 8.50. The van der Waals surface area contributed by atoms with Crippen LogP contribution >= 0.6 is 11.6 Å². The Morgan fingerprint density at radius 3 is 2.58 bits per heavy atom. The molecule has 1 spiro atoms. The fourth-order valence-corrected chi connectivity index (χ4v) is 5.56. The monoisotopic (exact) mass is 458 g/mol. The molecule has 5 rings (SSSR count). The third kappa shape index (κ3) is 2.79. The van der Waals surface area contributed by atoms with Crippen molar-refractivity contribution in [1.82, 2.24) is 0 Å². The zero-order chi connectivity index (χ0) is 23.7. The van der Waals surface area contributed by atoms with Crippen LogP contribution in [0.25, 0.3) is 0 Å². The van der Waals surface area contributed by atoms with Gasteiger partial charge >= 0.3 is 0 Å². The molecule has 7 heteroatoms. The summed E-state index contributed by atoms with van der Waals surface area (Å²) in [5.74, 6) is -0.449. The predicted octanol–water partition coefficient (Wildman–Crippen LogP) is 4.70. The van der Waals surface area contributed by atoms with Crippen molar-refractivity contribution >= 4 is 34.7 Å². The van der Waals surface area contributed by atoms with Crippen molar-refractivity contribution in [2.24, 2.45) is 11.1 Å². The van der Waals surface area contributed by atoms with E-state index in [1.807, 2.05) is 39.0 Å². The molecule has 0 saturated heterocycles. The number of anilines is 2. The number of Topliss-reactive ketones (excluding diaryl/α,β-unsaturated/α-hetero) is 1. The van der Waals surface area contributed by atoms with E-state index in [4.69, 9.17) is 17.3 Å². The van der Waals surface area contributed by atoms with E-state index < -0.39 is 11.3 Å². The van der Waals surface area contributed by atoms with Crippen LogP contribution in [-0.2, 0) is 15.0 Å². The fourth-order valence-electron chi connectivity index (χ4n) is 5.39. The maximum absolute atomic E-state index is 13.8. The summed E-state index contributed by atoms with van der Waals surface area (Å²) in [6.07, 6.45) is 0.778. The van der Waals surface area contributed by atoms with Crippen LogP contribution in [-0.4, -0.2) is 11.7 Å². The molecule has 3 N–H and O–H groups in total. The summed E-state index contributed by atoms with van der Waals surface area (Å²) in [6, 6.07) is 14.9. The number of benzene rings is 2. The second kappa shape index (κ2) is 6.97. The number of nitrogens with two attached hydrogens (primary N) is 1. The lowest BCUT2D eigenvalue weighted by molar-refractivity contribution is -0.123. The van der Waals surface area contributed by atoms with E-state index in [1.54, 1.807) is 29.2 Å². The van der Waals surface area contributed by atoms with Crippen molar-refractivity contribution in [2.45, 2.75) is 39.0 Å². The first-order valence-corrected chi connectivity index (χ1v) is 11.1. The van der Waals surface area contributed by atoms with Crippen molar-refractivity contribution in [2.75, 3.05) is 10.2 Å². The molecule has 0 saturated carbocycles. The minimum absolute atomic E-state index is 0.0495. The number of para-hydroxylation sites is 1. The first-order chi connectivity index (χ1) is 15.6. The number of hydrogen-bond acceptors (Lipinski definition) is 5. The molecule has 166 valence electrons. The van der Waals surface area contributed by atoms with Gasteiger partial charge in [-0.2, -0.15) is 5.26 Å². The van der Waals surface area contributed by atoms with Crippen LogP contribution in [0.5, 0.6) is 0 Å². The molecule has 6 nitrogen and oxygen atoms in total. The maximum Gasteiger partial charge on any atom is 0.245 e. The van der Waals surface area contributed by atoms with Crippen LogP contribution in [0.3, 0.4) is 0 Å². The van der Waals surface area contributed by atoms with Crippen molar-refractivity contribution in [3.63, 3.8) is 0 Å².